The number of carbonyl (C=O) groups is 2. The van der Waals surface area contributed by atoms with E-state index in [-0.39, 0.29) is 11.8 Å². The highest BCUT2D eigenvalue weighted by molar-refractivity contribution is 6.03. The van der Waals surface area contributed by atoms with Gasteiger partial charge in [-0.3, -0.25) is 9.59 Å². The number of benzene rings is 2. The summed E-state index contributed by atoms with van der Waals surface area (Å²) in [5.74, 6) is -0.917. The normalized spacial score (nSPS) is 14.6. The first kappa shape index (κ1) is 14.3. The quantitative estimate of drug-likeness (QED) is 0.947. The summed E-state index contributed by atoms with van der Waals surface area (Å²) < 4.78 is 13.1. The highest BCUT2D eigenvalue weighted by atomic mass is 19.1. The molecule has 0 unspecified atom stereocenters. The van der Waals surface area contributed by atoms with E-state index in [1.54, 1.807) is 25.1 Å². The third-order valence-corrected chi connectivity index (χ3v) is 3.79. The van der Waals surface area contributed by atoms with Crippen molar-refractivity contribution in [1.29, 1.82) is 0 Å². The van der Waals surface area contributed by atoms with E-state index in [1.165, 1.54) is 23.1 Å². The Morgan fingerprint density at radius 3 is 2.73 bits per heavy atom. The summed E-state index contributed by atoms with van der Waals surface area (Å²) in [6.07, 6.45) is 0. The first-order chi connectivity index (χ1) is 10.6. The van der Waals surface area contributed by atoms with E-state index in [0.29, 0.717) is 17.8 Å². The Hall–Kier alpha value is -2.69. The van der Waals surface area contributed by atoms with Gasteiger partial charge in [-0.15, -0.1) is 0 Å². The summed E-state index contributed by atoms with van der Waals surface area (Å²) in [6, 6.07) is 12.3. The molecule has 1 N–H and O–H groups in total. The third kappa shape index (κ3) is 2.57. The molecule has 0 spiro atoms. The lowest BCUT2D eigenvalue weighted by atomic mass is 10.1. The molecule has 4 nitrogen and oxygen atoms in total. The number of nitrogens with one attached hydrogen (secondary N) is 1. The average Bonchev–Trinajstić information content (AvgIpc) is 2.84. The van der Waals surface area contributed by atoms with Crippen molar-refractivity contribution in [3.8, 4) is 0 Å². The highest BCUT2D eigenvalue weighted by Crippen LogP contribution is 2.24. The second-order valence-electron chi connectivity index (χ2n) is 5.27. The van der Waals surface area contributed by atoms with Crippen LogP contribution in [0.1, 0.15) is 22.8 Å². The maximum absolute atomic E-state index is 13.1. The molecular weight excluding hydrogens is 283 g/mol. The van der Waals surface area contributed by atoms with Crippen LogP contribution in [0.3, 0.4) is 0 Å². The van der Waals surface area contributed by atoms with Crippen LogP contribution < -0.4 is 5.32 Å². The van der Waals surface area contributed by atoms with Gasteiger partial charge in [-0.05, 0) is 36.8 Å². The average molecular weight is 298 g/mol. The number of nitrogens with zero attached hydrogens (tertiary/aromatic N) is 1. The SMILES string of the molecule is C[C@H](C(=O)Nc1cccc(F)c1)N1Cc2ccccc2C1=O. The number of amides is 2. The molecule has 3 rings (SSSR count). The molecule has 2 amide bonds. The number of hydrogen-bond acceptors (Lipinski definition) is 2. The third-order valence-electron chi connectivity index (χ3n) is 3.79. The lowest BCUT2D eigenvalue weighted by Crippen LogP contribution is -2.42. The van der Waals surface area contributed by atoms with Crippen molar-refractivity contribution in [2.24, 2.45) is 0 Å². The molecule has 1 heterocycles. The standard InChI is InChI=1S/C17H15FN2O2/c1-11(16(21)19-14-7-4-6-13(18)9-14)20-10-12-5-2-3-8-15(12)17(20)22/h2-9,11H,10H2,1H3,(H,19,21)/t11-/m1/s1. The van der Waals surface area contributed by atoms with Crippen LogP contribution in [0.4, 0.5) is 10.1 Å². The van der Waals surface area contributed by atoms with Crippen LogP contribution in [-0.2, 0) is 11.3 Å². The van der Waals surface area contributed by atoms with Gasteiger partial charge in [-0.1, -0.05) is 24.3 Å². The van der Waals surface area contributed by atoms with E-state index in [2.05, 4.69) is 5.32 Å². The maximum atomic E-state index is 13.1. The lowest BCUT2D eigenvalue weighted by Gasteiger charge is -2.23. The van der Waals surface area contributed by atoms with Crippen LogP contribution in [0.5, 0.6) is 0 Å². The van der Waals surface area contributed by atoms with Crippen molar-refractivity contribution in [2.75, 3.05) is 5.32 Å². The van der Waals surface area contributed by atoms with Crippen molar-refractivity contribution < 1.29 is 14.0 Å². The van der Waals surface area contributed by atoms with E-state index < -0.39 is 11.9 Å². The van der Waals surface area contributed by atoms with Crippen molar-refractivity contribution in [3.63, 3.8) is 0 Å². The van der Waals surface area contributed by atoms with Gasteiger partial charge in [0.25, 0.3) is 5.91 Å². The Bertz CT molecular complexity index is 745. The van der Waals surface area contributed by atoms with Gasteiger partial charge in [0.05, 0.1) is 0 Å². The van der Waals surface area contributed by atoms with Crippen LogP contribution in [0, 0.1) is 5.82 Å². The van der Waals surface area contributed by atoms with Crippen LogP contribution in [0.25, 0.3) is 0 Å². The first-order valence-corrected chi connectivity index (χ1v) is 7.01. The van der Waals surface area contributed by atoms with Crippen LogP contribution >= 0.6 is 0 Å². The fourth-order valence-electron chi connectivity index (χ4n) is 2.54. The molecule has 0 saturated heterocycles. The summed E-state index contributed by atoms with van der Waals surface area (Å²) in [5, 5.41) is 2.63. The number of anilines is 1. The molecule has 5 heteroatoms. The molecule has 2 aromatic rings. The molecular formula is C17H15FN2O2. The molecule has 22 heavy (non-hydrogen) atoms. The predicted octanol–water partition coefficient (Wildman–Crippen LogP) is 2.81. The topological polar surface area (TPSA) is 49.4 Å². The van der Waals surface area contributed by atoms with Crippen LogP contribution in [0.15, 0.2) is 48.5 Å². The molecule has 0 bridgehead atoms. The Balaban J connectivity index is 1.74. The zero-order chi connectivity index (χ0) is 15.7. The van der Waals surface area contributed by atoms with Gasteiger partial charge >= 0.3 is 0 Å². The zero-order valence-electron chi connectivity index (χ0n) is 12.0. The van der Waals surface area contributed by atoms with Crippen molar-refractivity contribution in [2.45, 2.75) is 19.5 Å². The van der Waals surface area contributed by atoms with Gasteiger partial charge < -0.3 is 10.2 Å². The number of fused-ring (bicyclic) bond motifs is 1. The summed E-state index contributed by atoms with van der Waals surface area (Å²) in [5.41, 5.74) is 1.92. The number of hydrogen-bond donors (Lipinski definition) is 1. The Labute approximate surface area is 127 Å². The van der Waals surface area contributed by atoms with E-state index in [0.717, 1.165) is 5.56 Å². The number of carbonyl (C=O) groups excluding carboxylic acids is 2. The second-order valence-corrected chi connectivity index (χ2v) is 5.27. The molecule has 0 fully saturated rings. The number of rotatable bonds is 3. The summed E-state index contributed by atoms with van der Waals surface area (Å²) >= 11 is 0. The maximum Gasteiger partial charge on any atom is 0.255 e. The monoisotopic (exact) mass is 298 g/mol. The van der Waals surface area contributed by atoms with E-state index in [9.17, 15) is 14.0 Å². The van der Waals surface area contributed by atoms with E-state index >= 15 is 0 Å². The zero-order valence-corrected chi connectivity index (χ0v) is 12.0. The molecule has 1 aliphatic heterocycles. The fraction of sp³-hybridized carbons (Fsp3) is 0.176. The van der Waals surface area contributed by atoms with E-state index in [4.69, 9.17) is 0 Å². The number of halogens is 1. The van der Waals surface area contributed by atoms with Crippen molar-refractivity contribution in [3.05, 3.63) is 65.5 Å². The van der Waals surface area contributed by atoms with Crippen LogP contribution in [0.2, 0.25) is 0 Å². The molecule has 0 radical (unpaired) electrons. The molecule has 0 saturated carbocycles. The van der Waals surface area contributed by atoms with Gasteiger partial charge in [0.1, 0.15) is 11.9 Å². The van der Waals surface area contributed by atoms with Gasteiger partial charge in [0.15, 0.2) is 0 Å². The first-order valence-electron chi connectivity index (χ1n) is 7.01. The Morgan fingerprint density at radius 2 is 2.00 bits per heavy atom. The highest BCUT2D eigenvalue weighted by Gasteiger charge is 2.33. The largest absolute Gasteiger partial charge is 0.324 e. The molecule has 1 atom stereocenters. The van der Waals surface area contributed by atoms with E-state index in [1.807, 2.05) is 12.1 Å². The fourth-order valence-corrected chi connectivity index (χ4v) is 2.54. The minimum absolute atomic E-state index is 0.155. The van der Waals surface area contributed by atoms with Gasteiger partial charge in [0, 0.05) is 17.8 Å². The minimum Gasteiger partial charge on any atom is -0.324 e. The molecule has 0 aromatic heterocycles. The smallest absolute Gasteiger partial charge is 0.255 e. The van der Waals surface area contributed by atoms with Crippen molar-refractivity contribution in [1.82, 2.24) is 4.90 Å². The van der Waals surface area contributed by atoms with Crippen molar-refractivity contribution >= 4 is 17.5 Å². The molecule has 1 aliphatic rings. The van der Waals surface area contributed by atoms with Gasteiger partial charge in [-0.2, -0.15) is 0 Å². The van der Waals surface area contributed by atoms with Gasteiger partial charge in [-0.25, -0.2) is 4.39 Å². The minimum atomic E-state index is -0.636. The summed E-state index contributed by atoms with van der Waals surface area (Å²) in [4.78, 5) is 26.1. The van der Waals surface area contributed by atoms with Crippen LogP contribution in [-0.4, -0.2) is 22.8 Å². The Morgan fingerprint density at radius 1 is 1.23 bits per heavy atom. The molecule has 2 aromatic carbocycles. The second kappa shape index (κ2) is 5.60. The Kier molecular flexibility index (Phi) is 3.63. The summed E-state index contributed by atoms with van der Waals surface area (Å²) in [6.45, 7) is 2.07. The summed E-state index contributed by atoms with van der Waals surface area (Å²) in [7, 11) is 0. The predicted molar refractivity (Wildman–Crippen MR) is 80.8 cm³/mol. The molecule has 0 aliphatic carbocycles. The molecule has 112 valence electrons. The lowest BCUT2D eigenvalue weighted by molar-refractivity contribution is -0.120. The van der Waals surface area contributed by atoms with Gasteiger partial charge in [0.2, 0.25) is 5.91 Å².